The van der Waals surface area contributed by atoms with Gasteiger partial charge in [-0.3, -0.25) is 4.79 Å². The van der Waals surface area contributed by atoms with Crippen LogP contribution in [0.3, 0.4) is 0 Å². The number of amides is 1. The standard InChI is InChI=1S/C22H21BrN2O2/c23-20-7-5-19(6-8-20)22(26)25-12-9-17(10-13-25)15-16-1-3-18(4-2-16)21-24-11-14-27-21/h1-8,15H,9-14H2. The Balaban J connectivity index is 1.37. The number of hydrogen-bond donors (Lipinski definition) is 0. The highest BCUT2D eigenvalue weighted by Gasteiger charge is 2.20. The number of carbonyl (C=O) groups excluding carboxylic acids is 1. The van der Waals surface area contributed by atoms with Crippen molar-refractivity contribution in [2.45, 2.75) is 12.8 Å². The van der Waals surface area contributed by atoms with Gasteiger partial charge in [-0.25, -0.2) is 4.99 Å². The van der Waals surface area contributed by atoms with Crippen molar-refractivity contribution in [1.29, 1.82) is 0 Å². The first kappa shape index (κ1) is 18.0. The van der Waals surface area contributed by atoms with Gasteiger partial charge in [-0.05, 0) is 54.8 Å². The predicted molar refractivity (Wildman–Crippen MR) is 111 cm³/mol. The first-order valence-corrected chi connectivity index (χ1v) is 10.0. The van der Waals surface area contributed by atoms with E-state index in [1.165, 1.54) is 11.1 Å². The van der Waals surface area contributed by atoms with Crippen molar-refractivity contribution in [1.82, 2.24) is 4.90 Å². The summed E-state index contributed by atoms with van der Waals surface area (Å²) in [7, 11) is 0. The van der Waals surface area contributed by atoms with Crippen molar-refractivity contribution in [2.75, 3.05) is 26.2 Å². The Morgan fingerprint density at radius 3 is 2.37 bits per heavy atom. The lowest BCUT2D eigenvalue weighted by Crippen LogP contribution is -2.36. The van der Waals surface area contributed by atoms with E-state index < -0.39 is 0 Å². The molecule has 2 aliphatic heterocycles. The van der Waals surface area contributed by atoms with E-state index in [0.29, 0.717) is 6.61 Å². The molecular formula is C22H21BrN2O2. The van der Waals surface area contributed by atoms with E-state index in [1.54, 1.807) is 0 Å². The summed E-state index contributed by atoms with van der Waals surface area (Å²) in [4.78, 5) is 18.9. The van der Waals surface area contributed by atoms with Gasteiger partial charge in [-0.1, -0.05) is 39.7 Å². The number of carbonyl (C=O) groups is 1. The zero-order valence-electron chi connectivity index (χ0n) is 15.0. The molecule has 0 N–H and O–H groups in total. The van der Waals surface area contributed by atoms with Crippen molar-refractivity contribution >= 4 is 33.8 Å². The second-order valence-corrected chi connectivity index (χ2v) is 7.67. The number of ether oxygens (including phenoxy) is 1. The topological polar surface area (TPSA) is 41.9 Å². The average molecular weight is 425 g/mol. The molecule has 4 nitrogen and oxygen atoms in total. The number of hydrogen-bond acceptors (Lipinski definition) is 3. The van der Waals surface area contributed by atoms with Crippen LogP contribution in [-0.4, -0.2) is 42.9 Å². The SMILES string of the molecule is O=C(c1ccc(Br)cc1)N1CCC(=Cc2ccc(C3=NCCO3)cc2)CC1. The molecule has 0 atom stereocenters. The molecule has 4 rings (SSSR count). The fraction of sp³-hybridized carbons (Fsp3) is 0.273. The summed E-state index contributed by atoms with van der Waals surface area (Å²) in [5.41, 5.74) is 4.35. The predicted octanol–water partition coefficient (Wildman–Crippen LogP) is 4.55. The third-order valence-corrected chi connectivity index (χ3v) is 5.43. The van der Waals surface area contributed by atoms with E-state index in [4.69, 9.17) is 4.74 Å². The minimum absolute atomic E-state index is 0.114. The first-order valence-electron chi connectivity index (χ1n) is 9.21. The van der Waals surface area contributed by atoms with Crippen molar-refractivity contribution in [3.63, 3.8) is 0 Å². The number of rotatable bonds is 3. The highest BCUT2D eigenvalue weighted by atomic mass is 79.9. The Hall–Kier alpha value is -2.40. The molecule has 27 heavy (non-hydrogen) atoms. The quantitative estimate of drug-likeness (QED) is 0.725. The normalized spacial score (nSPS) is 16.7. The molecule has 0 aliphatic carbocycles. The Labute approximate surface area is 167 Å². The highest BCUT2D eigenvalue weighted by Crippen LogP contribution is 2.22. The minimum atomic E-state index is 0.114. The number of aliphatic imine (C=N–C) groups is 1. The molecule has 0 saturated carbocycles. The third kappa shape index (κ3) is 4.30. The van der Waals surface area contributed by atoms with E-state index >= 15 is 0 Å². The largest absolute Gasteiger partial charge is 0.476 e. The van der Waals surface area contributed by atoms with Gasteiger partial charge in [0, 0.05) is 28.7 Å². The van der Waals surface area contributed by atoms with Crippen LogP contribution >= 0.6 is 15.9 Å². The van der Waals surface area contributed by atoms with Gasteiger partial charge in [-0.2, -0.15) is 0 Å². The van der Waals surface area contributed by atoms with Crippen molar-refractivity contribution in [3.05, 3.63) is 75.3 Å². The van der Waals surface area contributed by atoms with E-state index in [9.17, 15) is 4.79 Å². The zero-order valence-corrected chi connectivity index (χ0v) is 16.6. The molecule has 0 aromatic heterocycles. The fourth-order valence-corrected chi connectivity index (χ4v) is 3.65. The summed E-state index contributed by atoms with van der Waals surface area (Å²) in [6.07, 6.45) is 4.07. The van der Waals surface area contributed by atoms with E-state index in [0.717, 1.165) is 54.0 Å². The summed E-state index contributed by atoms with van der Waals surface area (Å²) >= 11 is 3.41. The summed E-state index contributed by atoms with van der Waals surface area (Å²) in [5, 5.41) is 0. The van der Waals surface area contributed by atoms with Gasteiger partial charge in [0.25, 0.3) is 5.91 Å². The molecule has 2 aliphatic rings. The number of likely N-dealkylation sites (tertiary alicyclic amines) is 1. The summed E-state index contributed by atoms with van der Waals surface area (Å²) in [6, 6.07) is 15.9. The van der Waals surface area contributed by atoms with Gasteiger partial charge in [0.15, 0.2) is 0 Å². The molecule has 0 unspecified atom stereocenters. The molecule has 138 valence electrons. The second kappa shape index (κ2) is 8.09. The summed E-state index contributed by atoms with van der Waals surface area (Å²) < 4.78 is 6.49. The van der Waals surface area contributed by atoms with Crippen molar-refractivity contribution in [2.24, 2.45) is 4.99 Å². The van der Waals surface area contributed by atoms with E-state index in [-0.39, 0.29) is 5.91 Å². The molecular weight excluding hydrogens is 404 g/mol. The maximum Gasteiger partial charge on any atom is 0.253 e. The number of benzene rings is 2. The average Bonchev–Trinajstić information content (AvgIpc) is 3.24. The Kier molecular flexibility index (Phi) is 5.39. The Morgan fingerprint density at radius 2 is 1.74 bits per heavy atom. The smallest absolute Gasteiger partial charge is 0.253 e. The van der Waals surface area contributed by atoms with Crippen LogP contribution in [0.1, 0.15) is 34.3 Å². The number of halogens is 1. The Morgan fingerprint density at radius 1 is 1.04 bits per heavy atom. The van der Waals surface area contributed by atoms with Crippen LogP contribution in [0.4, 0.5) is 0 Å². The van der Waals surface area contributed by atoms with Crippen LogP contribution in [0.15, 0.2) is 63.6 Å². The first-order chi connectivity index (χ1) is 13.2. The van der Waals surface area contributed by atoms with Gasteiger partial charge in [-0.15, -0.1) is 0 Å². The van der Waals surface area contributed by atoms with Crippen molar-refractivity contribution in [3.8, 4) is 0 Å². The van der Waals surface area contributed by atoms with Gasteiger partial charge in [0.2, 0.25) is 5.90 Å². The molecule has 5 heteroatoms. The summed E-state index contributed by atoms with van der Waals surface area (Å²) in [5.74, 6) is 0.859. The minimum Gasteiger partial charge on any atom is -0.476 e. The van der Waals surface area contributed by atoms with E-state index in [1.807, 2.05) is 29.2 Å². The third-order valence-electron chi connectivity index (χ3n) is 4.90. The van der Waals surface area contributed by atoms with Crippen LogP contribution in [0.2, 0.25) is 0 Å². The molecule has 2 aromatic carbocycles. The molecule has 2 heterocycles. The molecule has 1 saturated heterocycles. The van der Waals surface area contributed by atoms with Gasteiger partial charge >= 0.3 is 0 Å². The molecule has 0 radical (unpaired) electrons. The van der Waals surface area contributed by atoms with Crippen LogP contribution in [0.5, 0.6) is 0 Å². The Bertz CT molecular complexity index is 876. The lowest BCUT2D eigenvalue weighted by Gasteiger charge is -2.28. The van der Waals surface area contributed by atoms with Gasteiger partial charge in [0.05, 0.1) is 6.54 Å². The summed E-state index contributed by atoms with van der Waals surface area (Å²) in [6.45, 7) is 2.96. The molecule has 0 bridgehead atoms. The monoisotopic (exact) mass is 424 g/mol. The molecule has 1 fully saturated rings. The zero-order chi connectivity index (χ0) is 18.6. The van der Waals surface area contributed by atoms with Crippen LogP contribution in [0, 0.1) is 0 Å². The molecule has 1 amide bonds. The maximum absolute atomic E-state index is 12.6. The lowest BCUT2D eigenvalue weighted by atomic mass is 9.99. The fourth-order valence-electron chi connectivity index (χ4n) is 3.38. The van der Waals surface area contributed by atoms with Gasteiger partial charge in [0.1, 0.15) is 6.61 Å². The van der Waals surface area contributed by atoms with E-state index in [2.05, 4.69) is 51.3 Å². The molecule has 0 spiro atoms. The van der Waals surface area contributed by atoms with Crippen LogP contribution in [-0.2, 0) is 4.74 Å². The lowest BCUT2D eigenvalue weighted by molar-refractivity contribution is 0.0744. The number of nitrogens with zero attached hydrogens (tertiary/aromatic N) is 2. The van der Waals surface area contributed by atoms with Crippen LogP contribution in [0.25, 0.3) is 6.08 Å². The van der Waals surface area contributed by atoms with Gasteiger partial charge < -0.3 is 9.64 Å². The van der Waals surface area contributed by atoms with Crippen molar-refractivity contribution < 1.29 is 9.53 Å². The van der Waals surface area contributed by atoms with Crippen LogP contribution < -0.4 is 0 Å². The highest BCUT2D eigenvalue weighted by molar-refractivity contribution is 9.10. The maximum atomic E-state index is 12.6. The second-order valence-electron chi connectivity index (χ2n) is 6.76. The number of piperidine rings is 1. The molecule has 2 aromatic rings.